The van der Waals surface area contributed by atoms with E-state index < -0.39 is 103 Å². The number of hydrogen-bond acceptors (Lipinski definition) is 3. The Morgan fingerprint density at radius 2 is 0.867 bits per heavy atom. The zero-order valence-corrected chi connectivity index (χ0v) is 20.6. The molecule has 0 unspecified atom stereocenters. The molecule has 27 heteroatoms. The second-order valence-corrected chi connectivity index (χ2v) is 8.28. The van der Waals surface area contributed by atoms with E-state index >= 15 is 0 Å². The first-order chi connectivity index (χ1) is 19.3. The SMILES string of the molecule is CCOC(=O)/C=C(\NCCC(F)(F)C(F)(F)C(F)(F)C(F)(F)C(F)(F)C(F)(F)F)C(F)(F)C(F)(F)C(F)(F)C(F)(F)C(F)(F)F. The second-order valence-electron chi connectivity index (χ2n) is 8.28. The highest BCUT2D eigenvalue weighted by atomic mass is 19.4. The normalized spacial score (nSPS) is 16.2. The molecule has 1 N–H and O–H groups in total. The van der Waals surface area contributed by atoms with E-state index in [0.29, 0.717) is 0 Å². The van der Waals surface area contributed by atoms with Crippen LogP contribution in [0.5, 0.6) is 0 Å². The van der Waals surface area contributed by atoms with Crippen molar-refractivity contribution in [2.24, 2.45) is 0 Å². The predicted molar refractivity (Wildman–Crippen MR) is 94.0 cm³/mol. The molecule has 0 amide bonds. The third-order valence-electron chi connectivity index (χ3n) is 5.18. The van der Waals surface area contributed by atoms with E-state index in [1.165, 1.54) is 0 Å². The fourth-order valence-electron chi connectivity index (χ4n) is 2.61. The lowest BCUT2D eigenvalue weighted by molar-refractivity contribution is -0.440. The smallest absolute Gasteiger partial charge is 0.460 e. The van der Waals surface area contributed by atoms with Crippen LogP contribution >= 0.6 is 0 Å². The third-order valence-corrected chi connectivity index (χ3v) is 5.18. The maximum absolute atomic E-state index is 14.3. The van der Waals surface area contributed by atoms with Crippen LogP contribution in [0.1, 0.15) is 13.3 Å². The van der Waals surface area contributed by atoms with Crippen LogP contribution in [0.2, 0.25) is 0 Å². The van der Waals surface area contributed by atoms with Gasteiger partial charge in [0.15, 0.2) is 0 Å². The number of nitrogens with one attached hydrogen (secondary N) is 1. The number of ether oxygens (including phenoxy) is 1. The van der Waals surface area contributed by atoms with Gasteiger partial charge in [0.2, 0.25) is 0 Å². The molecule has 0 aliphatic rings. The first-order valence-corrected chi connectivity index (χ1v) is 10.5. The molecule has 0 aromatic heterocycles. The highest BCUT2D eigenvalue weighted by Crippen LogP contribution is 2.61. The van der Waals surface area contributed by atoms with Gasteiger partial charge < -0.3 is 10.1 Å². The molecule has 0 rings (SSSR count). The van der Waals surface area contributed by atoms with Crippen molar-refractivity contribution in [1.82, 2.24) is 5.32 Å². The third kappa shape index (κ3) is 6.61. The standard InChI is InChI=1S/C18H11F24NO2/c1-2-45-7(44)5-6(9(21,22)11(25,26)13(29,30)15(33,34)17(37,38)39)43-4-3-8(19,20)10(23,24)12(27,28)14(31,32)16(35,36)18(40,41)42/h5,43H,2-4H2,1H3/b6-5-. The Morgan fingerprint density at radius 3 is 1.20 bits per heavy atom. The molecule has 3 nitrogen and oxygen atoms in total. The van der Waals surface area contributed by atoms with E-state index in [0.717, 1.165) is 6.92 Å². The molecule has 268 valence electrons. The van der Waals surface area contributed by atoms with Crippen LogP contribution in [0, 0.1) is 0 Å². The van der Waals surface area contributed by atoms with Crippen molar-refractivity contribution in [1.29, 1.82) is 0 Å². The van der Waals surface area contributed by atoms with Crippen LogP contribution in [0.4, 0.5) is 105 Å². The summed E-state index contributed by atoms with van der Waals surface area (Å²) >= 11 is 0. The van der Waals surface area contributed by atoms with Gasteiger partial charge in [-0.25, -0.2) is 4.79 Å². The number of halogens is 24. The van der Waals surface area contributed by atoms with E-state index in [2.05, 4.69) is 4.74 Å². The van der Waals surface area contributed by atoms with Gasteiger partial charge in [-0.3, -0.25) is 0 Å². The van der Waals surface area contributed by atoms with Crippen LogP contribution in [0.15, 0.2) is 11.8 Å². The van der Waals surface area contributed by atoms with Gasteiger partial charge >= 0.3 is 71.6 Å². The number of rotatable bonds is 14. The topological polar surface area (TPSA) is 38.3 Å². The molecule has 0 aromatic carbocycles. The zero-order valence-electron chi connectivity index (χ0n) is 20.6. The molecular weight excluding hydrogens is 718 g/mol. The molecule has 0 fully saturated rings. The molecule has 0 heterocycles. The minimum Gasteiger partial charge on any atom is -0.463 e. The number of esters is 1. The lowest BCUT2D eigenvalue weighted by Crippen LogP contribution is -2.70. The minimum atomic E-state index is -8.43. The molecule has 0 atom stereocenters. The van der Waals surface area contributed by atoms with Gasteiger partial charge in [-0.1, -0.05) is 0 Å². The largest absolute Gasteiger partial charge is 0.463 e. The van der Waals surface area contributed by atoms with Crippen LogP contribution in [0.3, 0.4) is 0 Å². The summed E-state index contributed by atoms with van der Waals surface area (Å²) in [5, 5.41) is 0.188. The van der Waals surface area contributed by atoms with Crippen LogP contribution in [-0.2, 0) is 9.53 Å². The van der Waals surface area contributed by atoms with Crippen molar-refractivity contribution >= 4 is 5.97 Å². The van der Waals surface area contributed by atoms with Gasteiger partial charge in [0.25, 0.3) is 0 Å². The summed E-state index contributed by atoms with van der Waals surface area (Å²) in [6, 6.07) is 0. The van der Waals surface area contributed by atoms with Crippen molar-refractivity contribution in [2.45, 2.75) is 79.0 Å². The summed E-state index contributed by atoms with van der Waals surface area (Å²) in [5.41, 5.74) is -3.48. The molecule has 0 radical (unpaired) electrons. The average molecular weight is 729 g/mol. The van der Waals surface area contributed by atoms with Crippen molar-refractivity contribution in [3.63, 3.8) is 0 Å². The summed E-state index contributed by atoms with van der Waals surface area (Å²) < 4.78 is 320. The summed E-state index contributed by atoms with van der Waals surface area (Å²) in [6.45, 7) is -3.15. The molecule has 0 saturated carbocycles. The van der Waals surface area contributed by atoms with Crippen molar-refractivity contribution < 1.29 is 115 Å². The Kier molecular flexibility index (Phi) is 11.1. The maximum Gasteiger partial charge on any atom is 0.460 e. The fourth-order valence-corrected chi connectivity index (χ4v) is 2.61. The van der Waals surface area contributed by atoms with Crippen molar-refractivity contribution in [3.8, 4) is 0 Å². The molecular formula is C18H11F24NO2. The minimum absolute atomic E-state index is 0.188. The van der Waals surface area contributed by atoms with Gasteiger partial charge in [0, 0.05) is 19.0 Å². The van der Waals surface area contributed by atoms with Crippen LogP contribution in [0.25, 0.3) is 0 Å². The molecule has 0 aliphatic heterocycles. The van der Waals surface area contributed by atoms with Gasteiger partial charge in [-0.05, 0) is 6.92 Å². The van der Waals surface area contributed by atoms with Crippen LogP contribution in [-0.4, -0.2) is 84.8 Å². The summed E-state index contributed by atoms with van der Waals surface area (Å²) in [7, 11) is 0. The molecule has 45 heavy (non-hydrogen) atoms. The van der Waals surface area contributed by atoms with E-state index in [1.807, 2.05) is 0 Å². The number of alkyl halides is 24. The van der Waals surface area contributed by atoms with E-state index in [-0.39, 0.29) is 5.32 Å². The lowest BCUT2D eigenvalue weighted by Gasteiger charge is -2.40. The number of carbonyl (C=O) groups is 1. The number of carbonyl (C=O) groups excluding carboxylic acids is 1. The number of allylic oxidation sites excluding steroid dienone is 1. The second kappa shape index (κ2) is 11.8. The van der Waals surface area contributed by atoms with Crippen molar-refractivity contribution in [2.75, 3.05) is 13.2 Å². The number of hydrogen-bond donors (Lipinski definition) is 1. The van der Waals surface area contributed by atoms with E-state index in [1.54, 1.807) is 0 Å². The summed E-state index contributed by atoms with van der Waals surface area (Å²) in [4.78, 5) is 11.3. The molecule has 0 aromatic rings. The zero-order chi connectivity index (χ0) is 36.9. The van der Waals surface area contributed by atoms with Gasteiger partial charge in [-0.15, -0.1) is 0 Å². The summed E-state index contributed by atoms with van der Waals surface area (Å²) in [5.74, 6) is -74.4. The Hall–Kier alpha value is -2.67. The van der Waals surface area contributed by atoms with Crippen molar-refractivity contribution in [3.05, 3.63) is 11.8 Å². The van der Waals surface area contributed by atoms with Crippen LogP contribution < -0.4 is 5.32 Å². The van der Waals surface area contributed by atoms with Gasteiger partial charge in [-0.2, -0.15) is 105 Å². The lowest BCUT2D eigenvalue weighted by atomic mass is 9.92. The highest BCUT2D eigenvalue weighted by Gasteiger charge is 2.91. The van der Waals surface area contributed by atoms with E-state index in [9.17, 15) is 110 Å². The first-order valence-electron chi connectivity index (χ1n) is 10.5. The molecule has 0 aliphatic carbocycles. The predicted octanol–water partition coefficient (Wildman–Crippen LogP) is 8.26. The van der Waals surface area contributed by atoms with E-state index in [4.69, 9.17) is 0 Å². The quantitative estimate of drug-likeness (QED) is 0.111. The first kappa shape index (κ1) is 42.3. The highest BCUT2D eigenvalue weighted by molar-refractivity contribution is 5.83. The fraction of sp³-hybridized carbons (Fsp3) is 0.833. The average Bonchev–Trinajstić information content (AvgIpc) is 2.81. The van der Waals surface area contributed by atoms with Gasteiger partial charge in [0.1, 0.15) is 0 Å². The van der Waals surface area contributed by atoms with Gasteiger partial charge in [0.05, 0.1) is 12.3 Å². The summed E-state index contributed by atoms with van der Waals surface area (Å²) in [6.07, 6.45) is -20.4. The Labute approximate surface area is 231 Å². The molecule has 0 bridgehead atoms. The Morgan fingerprint density at radius 1 is 0.533 bits per heavy atom. The maximum atomic E-state index is 14.3. The molecule has 0 spiro atoms. The Bertz CT molecular complexity index is 1080. The monoisotopic (exact) mass is 729 g/mol. The Balaban J connectivity index is 6.75. The molecule has 0 saturated heterocycles.